The molecular formula is C20H20ClN3O2S2. The van der Waals surface area contributed by atoms with Gasteiger partial charge in [-0.3, -0.25) is 10.1 Å². The molecule has 0 spiro atoms. The Balaban J connectivity index is 1.52. The summed E-state index contributed by atoms with van der Waals surface area (Å²) < 4.78 is 6.43. The summed E-state index contributed by atoms with van der Waals surface area (Å²) in [5.41, 5.74) is 1.69. The molecule has 3 rings (SSSR count). The zero-order chi connectivity index (χ0) is 19.9. The van der Waals surface area contributed by atoms with E-state index in [1.807, 2.05) is 24.3 Å². The molecular weight excluding hydrogens is 414 g/mol. The molecule has 1 N–H and O–H groups in total. The monoisotopic (exact) mass is 433 g/mol. The first kappa shape index (κ1) is 20.6. The highest BCUT2D eigenvalue weighted by molar-refractivity contribution is 8.00. The number of aromatic nitrogens is 2. The summed E-state index contributed by atoms with van der Waals surface area (Å²) in [6, 6.07) is 14.8. The lowest BCUT2D eigenvalue weighted by Gasteiger charge is -2.09. The van der Waals surface area contributed by atoms with Crippen molar-refractivity contribution in [1.82, 2.24) is 10.2 Å². The van der Waals surface area contributed by atoms with E-state index in [4.69, 9.17) is 16.3 Å². The molecule has 0 bridgehead atoms. The first-order chi connectivity index (χ1) is 13.5. The molecule has 0 saturated carbocycles. The van der Waals surface area contributed by atoms with E-state index in [9.17, 15) is 4.79 Å². The standard InChI is InChI=1S/C20H20ClN3O2S2/c1-13(2)11-26-17-9-5-15(6-10-17)18(25)22-19-23-24-20(28-19)27-12-14-3-7-16(21)8-4-14/h3-10,13H,11-12H2,1-2H3,(H,22,23,25). The molecule has 0 fully saturated rings. The van der Waals surface area contributed by atoms with Gasteiger partial charge < -0.3 is 4.74 Å². The summed E-state index contributed by atoms with van der Waals surface area (Å²) in [6.07, 6.45) is 0. The number of thioether (sulfide) groups is 1. The lowest BCUT2D eigenvalue weighted by atomic mass is 10.2. The number of nitrogens with one attached hydrogen (secondary N) is 1. The molecule has 0 aliphatic rings. The van der Waals surface area contributed by atoms with Crippen LogP contribution in [0, 0.1) is 5.92 Å². The number of carbonyl (C=O) groups excluding carboxylic acids is 1. The van der Waals surface area contributed by atoms with Crippen LogP contribution in [0.3, 0.4) is 0 Å². The van der Waals surface area contributed by atoms with Crippen LogP contribution in [0.15, 0.2) is 52.9 Å². The van der Waals surface area contributed by atoms with Crippen molar-refractivity contribution >= 4 is 45.7 Å². The van der Waals surface area contributed by atoms with Crippen molar-refractivity contribution in [2.75, 3.05) is 11.9 Å². The molecule has 146 valence electrons. The van der Waals surface area contributed by atoms with Gasteiger partial charge in [0.2, 0.25) is 5.13 Å². The minimum atomic E-state index is -0.221. The molecule has 1 aromatic heterocycles. The van der Waals surface area contributed by atoms with Gasteiger partial charge in [-0.25, -0.2) is 0 Å². The second-order valence-electron chi connectivity index (χ2n) is 6.47. The third-order valence-electron chi connectivity index (χ3n) is 3.60. The Bertz CT molecular complexity index is 912. The Labute approximate surface area is 177 Å². The molecule has 2 aromatic carbocycles. The minimum absolute atomic E-state index is 0.221. The largest absolute Gasteiger partial charge is 0.493 e. The zero-order valence-electron chi connectivity index (χ0n) is 15.5. The summed E-state index contributed by atoms with van der Waals surface area (Å²) >= 11 is 8.81. The second-order valence-corrected chi connectivity index (χ2v) is 9.11. The number of anilines is 1. The van der Waals surface area contributed by atoms with Crippen molar-refractivity contribution in [2.45, 2.75) is 23.9 Å². The van der Waals surface area contributed by atoms with Gasteiger partial charge in [0, 0.05) is 16.3 Å². The first-order valence-corrected chi connectivity index (χ1v) is 10.9. The number of carbonyl (C=O) groups is 1. The van der Waals surface area contributed by atoms with Gasteiger partial charge in [-0.05, 0) is 47.9 Å². The van der Waals surface area contributed by atoms with Crippen LogP contribution in [0.2, 0.25) is 5.02 Å². The number of rotatable bonds is 8. The van der Waals surface area contributed by atoms with Crippen LogP contribution < -0.4 is 10.1 Å². The van der Waals surface area contributed by atoms with E-state index >= 15 is 0 Å². The van der Waals surface area contributed by atoms with Gasteiger partial charge in [0.25, 0.3) is 5.91 Å². The van der Waals surface area contributed by atoms with Crippen molar-refractivity contribution in [1.29, 1.82) is 0 Å². The smallest absolute Gasteiger partial charge is 0.257 e. The molecule has 0 unspecified atom stereocenters. The third kappa shape index (κ3) is 6.22. The molecule has 0 radical (unpaired) electrons. The van der Waals surface area contributed by atoms with Crippen molar-refractivity contribution in [2.24, 2.45) is 5.92 Å². The van der Waals surface area contributed by atoms with Crippen molar-refractivity contribution in [3.05, 3.63) is 64.7 Å². The summed E-state index contributed by atoms with van der Waals surface area (Å²) in [4.78, 5) is 12.4. The molecule has 8 heteroatoms. The molecule has 0 aliphatic heterocycles. The lowest BCUT2D eigenvalue weighted by molar-refractivity contribution is 0.102. The van der Waals surface area contributed by atoms with Crippen molar-refractivity contribution < 1.29 is 9.53 Å². The molecule has 5 nitrogen and oxygen atoms in total. The van der Waals surface area contributed by atoms with E-state index in [-0.39, 0.29) is 5.91 Å². The van der Waals surface area contributed by atoms with E-state index < -0.39 is 0 Å². The molecule has 0 atom stereocenters. The summed E-state index contributed by atoms with van der Waals surface area (Å²) in [5, 5.41) is 12.1. The van der Waals surface area contributed by atoms with E-state index in [1.54, 1.807) is 36.0 Å². The normalized spacial score (nSPS) is 10.9. The quantitative estimate of drug-likeness (QED) is 0.360. The number of benzene rings is 2. The summed E-state index contributed by atoms with van der Waals surface area (Å²) in [5.74, 6) is 1.74. The van der Waals surface area contributed by atoms with Crippen LogP contribution >= 0.6 is 34.7 Å². The zero-order valence-corrected chi connectivity index (χ0v) is 17.9. The molecule has 1 heterocycles. The number of nitrogens with zero attached hydrogens (tertiary/aromatic N) is 2. The maximum atomic E-state index is 12.4. The summed E-state index contributed by atoms with van der Waals surface area (Å²) in [6.45, 7) is 4.82. The summed E-state index contributed by atoms with van der Waals surface area (Å²) in [7, 11) is 0. The number of hydrogen-bond acceptors (Lipinski definition) is 6. The van der Waals surface area contributed by atoms with E-state index in [2.05, 4.69) is 29.4 Å². The first-order valence-electron chi connectivity index (χ1n) is 8.74. The second kappa shape index (κ2) is 9.91. The van der Waals surface area contributed by atoms with Crippen molar-refractivity contribution in [3.8, 4) is 5.75 Å². The lowest BCUT2D eigenvalue weighted by Crippen LogP contribution is -2.11. The molecule has 0 aliphatic carbocycles. The van der Waals surface area contributed by atoms with Gasteiger partial charge in [-0.15, -0.1) is 10.2 Å². The fraction of sp³-hybridized carbons (Fsp3) is 0.250. The Morgan fingerprint density at radius 1 is 1.14 bits per heavy atom. The predicted octanol–water partition coefficient (Wildman–Crippen LogP) is 5.77. The van der Waals surface area contributed by atoms with E-state index in [1.165, 1.54) is 11.3 Å². The third-order valence-corrected chi connectivity index (χ3v) is 5.90. The van der Waals surface area contributed by atoms with Crippen molar-refractivity contribution in [3.63, 3.8) is 0 Å². The number of amides is 1. The van der Waals surface area contributed by atoms with Crippen LogP contribution in [-0.2, 0) is 5.75 Å². The van der Waals surface area contributed by atoms with Gasteiger partial charge in [-0.2, -0.15) is 0 Å². The maximum Gasteiger partial charge on any atom is 0.257 e. The SMILES string of the molecule is CC(C)COc1ccc(C(=O)Nc2nnc(SCc3ccc(Cl)cc3)s2)cc1. The van der Waals surface area contributed by atoms with Crippen LogP contribution in [0.4, 0.5) is 5.13 Å². The average Bonchev–Trinajstić information content (AvgIpc) is 3.13. The Kier molecular flexibility index (Phi) is 7.30. The highest BCUT2D eigenvalue weighted by Crippen LogP contribution is 2.29. The molecule has 3 aromatic rings. The van der Waals surface area contributed by atoms with Gasteiger partial charge >= 0.3 is 0 Å². The Morgan fingerprint density at radius 3 is 2.54 bits per heavy atom. The number of hydrogen-bond donors (Lipinski definition) is 1. The van der Waals surface area contributed by atoms with Crippen LogP contribution in [-0.4, -0.2) is 22.7 Å². The Morgan fingerprint density at radius 2 is 1.86 bits per heavy atom. The maximum absolute atomic E-state index is 12.4. The van der Waals surface area contributed by atoms with Gasteiger partial charge in [0.05, 0.1) is 6.61 Å². The van der Waals surface area contributed by atoms with E-state index in [0.717, 1.165) is 21.4 Å². The highest BCUT2D eigenvalue weighted by Gasteiger charge is 2.11. The molecule has 28 heavy (non-hydrogen) atoms. The fourth-order valence-corrected chi connectivity index (χ4v) is 4.01. The van der Waals surface area contributed by atoms with Crippen LogP contribution in [0.25, 0.3) is 0 Å². The van der Waals surface area contributed by atoms with Crippen LogP contribution in [0.1, 0.15) is 29.8 Å². The van der Waals surface area contributed by atoms with E-state index in [0.29, 0.717) is 28.2 Å². The number of ether oxygens (including phenoxy) is 1. The van der Waals surface area contributed by atoms with Gasteiger partial charge in [-0.1, -0.05) is 60.7 Å². The number of halogens is 1. The predicted molar refractivity (Wildman–Crippen MR) is 116 cm³/mol. The minimum Gasteiger partial charge on any atom is -0.493 e. The Hall–Kier alpha value is -2.09. The fourth-order valence-electron chi connectivity index (χ4n) is 2.18. The van der Waals surface area contributed by atoms with Crippen LogP contribution in [0.5, 0.6) is 5.75 Å². The van der Waals surface area contributed by atoms with Gasteiger partial charge in [0.1, 0.15) is 5.75 Å². The van der Waals surface area contributed by atoms with Gasteiger partial charge in [0.15, 0.2) is 4.34 Å². The highest BCUT2D eigenvalue weighted by atomic mass is 35.5. The molecule has 1 amide bonds. The molecule has 0 saturated heterocycles. The topological polar surface area (TPSA) is 64.1 Å². The average molecular weight is 434 g/mol.